The van der Waals surface area contributed by atoms with E-state index in [9.17, 15) is 19.2 Å². The van der Waals surface area contributed by atoms with Crippen molar-refractivity contribution in [2.75, 3.05) is 28.4 Å². The molecule has 0 rings (SSSR count). The Balaban J connectivity index is 8.07. The second kappa shape index (κ2) is 17.3. The third kappa shape index (κ3) is 8.81. The number of unbranched alkanes of at least 4 members (excludes halogenated alkanes) is 3. The van der Waals surface area contributed by atoms with E-state index in [0.717, 1.165) is 72.1 Å². The first-order chi connectivity index (χ1) is 16.7. The maximum absolute atomic E-state index is 13.5. The number of esters is 4. The van der Waals surface area contributed by atoms with E-state index in [4.69, 9.17) is 18.9 Å². The first kappa shape index (κ1) is 32.9. The van der Waals surface area contributed by atoms with Crippen molar-refractivity contribution in [3.63, 3.8) is 0 Å². The van der Waals surface area contributed by atoms with Gasteiger partial charge in [0.15, 0.2) is 0 Å². The van der Waals surface area contributed by atoms with Gasteiger partial charge in [-0.3, -0.25) is 0 Å². The maximum atomic E-state index is 13.5. The van der Waals surface area contributed by atoms with Crippen LogP contribution in [0.25, 0.3) is 0 Å². The van der Waals surface area contributed by atoms with Gasteiger partial charge in [0.2, 0.25) is 0 Å². The molecule has 0 aliphatic heterocycles. The van der Waals surface area contributed by atoms with Crippen LogP contribution in [0.15, 0.2) is 33.0 Å². The fourth-order valence-corrected chi connectivity index (χ4v) is 21.1. The summed E-state index contributed by atoms with van der Waals surface area (Å²) in [6, 6.07) is 0. The summed E-state index contributed by atoms with van der Waals surface area (Å²) in [6.07, 6.45) is 6.50. The average Bonchev–Trinajstić information content (AvgIpc) is 2.88. The summed E-state index contributed by atoms with van der Waals surface area (Å²) in [6.45, 7) is 9.86. The van der Waals surface area contributed by atoms with Gasteiger partial charge >= 0.3 is 214 Å². The molecule has 0 amide bonds. The fourth-order valence-electron chi connectivity index (χ4n) is 4.26. The van der Waals surface area contributed by atoms with Crippen LogP contribution in [-0.2, 0) is 38.1 Å². The first-order valence-corrected chi connectivity index (χ1v) is 19.6. The summed E-state index contributed by atoms with van der Waals surface area (Å²) in [4.78, 5) is 52.6. The minimum absolute atomic E-state index is 0.229. The second-order valence-electron chi connectivity index (χ2n) is 8.30. The molecule has 0 radical (unpaired) electrons. The molecule has 0 unspecified atom stereocenters. The zero-order valence-electron chi connectivity index (χ0n) is 22.4. The summed E-state index contributed by atoms with van der Waals surface area (Å²) in [5.74, 6) is -3.42. The molecule has 0 fully saturated rings. The van der Waals surface area contributed by atoms with Gasteiger partial charge in [-0.15, -0.1) is 0 Å². The third-order valence-corrected chi connectivity index (χ3v) is 21.6. The molecular weight excluding hydrogens is 559 g/mol. The van der Waals surface area contributed by atoms with Crippen molar-refractivity contribution in [1.82, 2.24) is 0 Å². The van der Waals surface area contributed by atoms with Gasteiger partial charge in [-0.2, -0.15) is 0 Å². The Morgan fingerprint density at radius 3 is 1.31 bits per heavy atom. The number of hydrogen-bond acceptors (Lipinski definition) is 8. The second-order valence-corrected chi connectivity index (χ2v) is 21.3. The Morgan fingerprint density at radius 1 is 0.629 bits per heavy atom. The molecule has 35 heavy (non-hydrogen) atoms. The quantitative estimate of drug-likeness (QED) is 0.0814. The van der Waals surface area contributed by atoms with Gasteiger partial charge in [0, 0.05) is 0 Å². The molecule has 0 spiro atoms. The van der Waals surface area contributed by atoms with Crippen LogP contribution >= 0.6 is 0 Å². The molecule has 0 saturated carbocycles. The molecule has 0 bridgehead atoms. The van der Waals surface area contributed by atoms with Crippen molar-refractivity contribution in [2.45, 2.75) is 72.6 Å². The molecular formula is C26H42O8Sn. The van der Waals surface area contributed by atoms with Gasteiger partial charge in [0.1, 0.15) is 0 Å². The van der Waals surface area contributed by atoms with E-state index in [1.807, 2.05) is 0 Å². The molecule has 0 N–H and O–H groups in total. The molecule has 0 aromatic carbocycles. The molecule has 8 nitrogen and oxygen atoms in total. The number of carbonyl (C=O) groups excluding carboxylic acids is 4. The van der Waals surface area contributed by atoms with Crippen molar-refractivity contribution in [2.24, 2.45) is 0 Å². The topological polar surface area (TPSA) is 105 Å². The number of ether oxygens (including phenoxy) is 4. The van der Waals surface area contributed by atoms with E-state index in [-0.39, 0.29) is 20.3 Å². The summed E-state index contributed by atoms with van der Waals surface area (Å²) in [7, 11) is 4.70. The van der Waals surface area contributed by atoms with Crippen molar-refractivity contribution >= 4 is 42.3 Å². The predicted molar refractivity (Wildman–Crippen MR) is 137 cm³/mol. The average molecular weight is 601 g/mol. The third-order valence-electron chi connectivity index (χ3n) is 6.10. The van der Waals surface area contributed by atoms with Crippen molar-refractivity contribution in [1.29, 1.82) is 0 Å². The minimum atomic E-state index is -3.77. The van der Waals surface area contributed by atoms with Crippen LogP contribution in [0.3, 0.4) is 0 Å². The van der Waals surface area contributed by atoms with E-state index in [1.54, 1.807) is 0 Å². The van der Waals surface area contributed by atoms with Gasteiger partial charge < -0.3 is 0 Å². The van der Waals surface area contributed by atoms with Crippen molar-refractivity contribution in [3.8, 4) is 0 Å². The van der Waals surface area contributed by atoms with Gasteiger partial charge in [0.05, 0.1) is 0 Å². The van der Waals surface area contributed by atoms with Gasteiger partial charge in [0.25, 0.3) is 0 Å². The van der Waals surface area contributed by atoms with Crippen molar-refractivity contribution < 1.29 is 38.1 Å². The van der Waals surface area contributed by atoms with Gasteiger partial charge in [-0.1, -0.05) is 0 Å². The molecule has 0 aliphatic rings. The van der Waals surface area contributed by atoms with Crippen LogP contribution in [0.5, 0.6) is 0 Å². The van der Waals surface area contributed by atoms with Gasteiger partial charge in [-0.05, 0) is 0 Å². The Morgan fingerprint density at radius 2 is 1.00 bits per heavy atom. The summed E-state index contributed by atoms with van der Waals surface area (Å²) >= 11 is -3.77. The Bertz CT molecular complexity index is 803. The molecule has 9 heteroatoms. The van der Waals surface area contributed by atoms with E-state index < -0.39 is 42.3 Å². The van der Waals surface area contributed by atoms with Crippen LogP contribution in [0.1, 0.15) is 59.3 Å². The van der Waals surface area contributed by atoms with E-state index in [2.05, 4.69) is 27.4 Å². The molecule has 0 aromatic heterocycles. The van der Waals surface area contributed by atoms with E-state index >= 15 is 0 Å². The van der Waals surface area contributed by atoms with Gasteiger partial charge in [-0.25, -0.2) is 0 Å². The Labute approximate surface area is 214 Å². The molecule has 0 heterocycles. The van der Waals surface area contributed by atoms with Crippen LogP contribution < -0.4 is 0 Å². The summed E-state index contributed by atoms with van der Waals surface area (Å²) in [5.41, 5.74) is -0.916. The first-order valence-electron chi connectivity index (χ1n) is 12.1. The zero-order valence-corrected chi connectivity index (χ0v) is 25.3. The summed E-state index contributed by atoms with van der Waals surface area (Å²) < 4.78 is 22.7. The number of carbonyl (C=O) groups is 4. The molecule has 0 atom stereocenters. The van der Waals surface area contributed by atoms with Crippen LogP contribution in [0.2, 0.25) is 13.3 Å². The van der Waals surface area contributed by atoms with Crippen molar-refractivity contribution in [3.05, 3.63) is 33.0 Å². The zero-order chi connectivity index (χ0) is 27.0. The number of hydrogen-bond donors (Lipinski definition) is 0. The fraction of sp³-hybridized carbons (Fsp3) is 0.615. The standard InChI is InChI=1S/C14H15O8.3C4H9.Sn/c1-6-8(12(16)20-3)11(14(18)22-5)9(13(17)21-4)7-10(15)19-2;3*1-3-4-2;/h6H,1H2,2-5H3;3*1,3-4H2,2H3;/b9-7?,11-8-;;;;. The Hall–Kier alpha value is -2.10. The Kier molecular flexibility index (Phi) is 16.3. The molecule has 0 aromatic rings. The molecule has 0 aliphatic carbocycles. The number of methoxy groups -OCH3 is 4. The normalized spacial score (nSPS) is 12.7. The SMILES string of the molecule is C=C/C(C(=O)OC)=C(C(=O)OC)\C(C(=O)OC)=[C](\C(=O)OC)[Sn]([CH2]CCC)([CH2]CCC)[CH2]CCC. The van der Waals surface area contributed by atoms with Crippen LogP contribution in [0.4, 0.5) is 0 Å². The predicted octanol–water partition coefficient (Wildman–Crippen LogP) is 4.85. The van der Waals surface area contributed by atoms with Crippen LogP contribution in [-0.4, -0.2) is 70.7 Å². The summed E-state index contributed by atoms with van der Waals surface area (Å²) in [5, 5.41) is 0. The molecule has 198 valence electrons. The molecule has 0 saturated heterocycles. The van der Waals surface area contributed by atoms with Crippen LogP contribution in [0, 0.1) is 0 Å². The monoisotopic (exact) mass is 602 g/mol. The van der Waals surface area contributed by atoms with E-state index in [1.165, 1.54) is 14.2 Å². The number of rotatable bonds is 16. The van der Waals surface area contributed by atoms with E-state index in [0.29, 0.717) is 0 Å².